The summed E-state index contributed by atoms with van der Waals surface area (Å²) in [4.78, 5) is 31.5. The normalized spacial score (nSPS) is 21.0. The van der Waals surface area contributed by atoms with Gasteiger partial charge in [-0.05, 0) is 23.9 Å². The summed E-state index contributed by atoms with van der Waals surface area (Å²) in [5.74, 6) is -1.53. The van der Waals surface area contributed by atoms with E-state index in [4.69, 9.17) is 4.84 Å². The minimum Gasteiger partial charge on any atom is -0.429 e. The Hall–Kier alpha value is -1.49. The van der Waals surface area contributed by atoms with Crippen LogP contribution in [0.2, 0.25) is 0 Å². The summed E-state index contributed by atoms with van der Waals surface area (Å²) in [6, 6.07) is 0. The first-order chi connectivity index (χ1) is 15.7. The van der Waals surface area contributed by atoms with E-state index < -0.39 is 32.3 Å². The van der Waals surface area contributed by atoms with E-state index in [0.717, 1.165) is 25.3 Å². The first-order valence-corrected chi connectivity index (χ1v) is 13.9. The van der Waals surface area contributed by atoms with Gasteiger partial charge in [0.2, 0.25) is 6.29 Å². The summed E-state index contributed by atoms with van der Waals surface area (Å²) in [7, 11) is -2.00. The monoisotopic (exact) mass is 489 g/mol. The lowest BCUT2D eigenvalue weighted by Crippen LogP contribution is -2.62. The van der Waals surface area contributed by atoms with Gasteiger partial charge in [0.1, 0.15) is 18.8 Å². The Labute approximate surface area is 198 Å². The molecule has 0 aromatic rings. The number of ether oxygens (including phenoxy) is 1. The van der Waals surface area contributed by atoms with Crippen molar-refractivity contribution in [1.82, 2.24) is 4.90 Å². The molecule has 2 heterocycles. The van der Waals surface area contributed by atoms with Crippen molar-refractivity contribution in [1.29, 1.82) is 0 Å². The lowest BCUT2D eigenvalue weighted by molar-refractivity contribution is -0.990. The zero-order chi connectivity index (χ0) is 24.3. The molecule has 33 heavy (non-hydrogen) atoms. The number of hydroxylamine groups is 2. The van der Waals surface area contributed by atoms with Crippen molar-refractivity contribution in [3.63, 3.8) is 0 Å². The van der Waals surface area contributed by atoms with Crippen molar-refractivity contribution in [3.05, 3.63) is 11.6 Å². The fourth-order valence-electron chi connectivity index (χ4n) is 4.16. The number of aliphatic hydroxyl groups is 1. The predicted octanol–water partition coefficient (Wildman–Crippen LogP) is 2.65. The summed E-state index contributed by atoms with van der Waals surface area (Å²) in [5.41, 5.74) is 0.219. The number of esters is 1. The van der Waals surface area contributed by atoms with Crippen molar-refractivity contribution >= 4 is 22.0 Å². The van der Waals surface area contributed by atoms with Gasteiger partial charge in [-0.3, -0.25) is 9.74 Å². The molecule has 2 aliphatic heterocycles. The molecule has 0 aromatic heterocycles. The van der Waals surface area contributed by atoms with Crippen molar-refractivity contribution in [2.75, 3.05) is 39.0 Å². The standard InChI is InChI=1S/C23H41N2O7S/c1-3-4-5-6-7-8-9-10-11-12-21(26)32-25(16-14-24(2)15-17-25)33(29,30)18-13-20-19-22(27)31-23(20)28/h19,23,28H,3-18H2,1-2H3/q+1. The van der Waals surface area contributed by atoms with Crippen molar-refractivity contribution in [2.24, 2.45) is 0 Å². The van der Waals surface area contributed by atoms with Gasteiger partial charge >= 0.3 is 22.0 Å². The van der Waals surface area contributed by atoms with Crippen molar-refractivity contribution in [3.8, 4) is 0 Å². The molecule has 1 N–H and O–H groups in total. The molecule has 9 nitrogen and oxygen atoms in total. The maximum atomic E-state index is 13.3. The van der Waals surface area contributed by atoms with Crippen LogP contribution < -0.4 is 0 Å². The molecule has 1 fully saturated rings. The van der Waals surface area contributed by atoms with Gasteiger partial charge in [0, 0.05) is 11.6 Å². The Bertz CT molecular complexity index is 774. The summed E-state index contributed by atoms with van der Waals surface area (Å²) < 4.78 is 30.4. The molecule has 0 aromatic carbocycles. The topological polar surface area (TPSA) is 110 Å². The van der Waals surface area contributed by atoms with Crippen LogP contribution >= 0.6 is 0 Å². The number of carbonyl (C=O) groups is 2. The van der Waals surface area contributed by atoms with Crippen LogP contribution in [0.3, 0.4) is 0 Å². The second-order valence-electron chi connectivity index (χ2n) is 9.15. The third-order valence-corrected chi connectivity index (χ3v) is 8.57. The average Bonchev–Trinajstić information content (AvgIpc) is 3.09. The molecule has 1 atom stereocenters. The number of aliphatic hydroxyl groups excluding tert-OH is 1. The summed E-state index contributed by atoms with van der Waals surface area (Å²) in [6.45, 7) is 3.47. The molecule has 0 spiro atoms. The maximum absolute atomic E-state index is 13.3. The average molecular weight is 490 g/mol. The number of piperazine rings is 1. The van der Waals surface area contributed by atoms with Crippen LogP contribution in [0.25, 0.3) is 0 Å². The van der Waals surface area contributed by atoms with Crippen LogP contribution in [0.5, 0.6) is 0 Å². The van der Waals surface area contributed by atoms with E-state index in [2.05, 4.69) is 11.7 Å². The molecule has 0 amide bonds. The van der Waals surface area contributed by atoms with Crippen LogP contribution in [0, 0.1) is 0 Å². The second-order valence-corrected chi connectivity index (χ2v) is 11.4. The third-order valence-electron chi connectivity index (χ3n) is 6.40. The smallest absolute Gasteiger partial charge is 0.368 e. The van der Waals surface area contributed by atoms with Gasteiger partial charge in [0.05, 0.1) is 19.5 Å². The Morgan fingerprint density at radius 2 is 1.70 bits per heavy atom. The lowest BCUT2D eigenvalue weighted by Gasteiger charge is -2.38. The van der Waals surface area contributed by atoms with Gasteiger partial charge in [0.25, 0.3) is 0 Å². The predicted molar refractivity (Wildman–Crippen MR) is 124 cm³/mol. The Kier molecular flexibility index (Phi) is 11.3. The molecule has 1 unspecified atom stereocenters. The van der Waals surface area contributed by atoms with Crippen LogP contribution in [-0.4, -0.2) is 79.7 Å². The molecule has 190 valence electrons. The Balaban J connectivity index is 1.85. The van der Waals surface area contributed by atoms with E-state index in [0.29, 0.717) is 19.5 Å². The van der Waals surface area contributed by atoms with Crippen molar-refractivity contribution < 1.29 is 36.7 Å². The van der Waals surface area contributed by atoms with E-state index >= 15 is 0 Å². The Morgan fingerprint density at radius 1 is 1.12 bits per heavy atom. The highest BCUT2D eigenvalue weighted by Gasteiger charge is 2.49. The SMILES string of the molecule is CCCCCCCCCCCC(=O)O[N+]1(S(=O)(=O)CCC2=CC(=O)OC2O)CCN(C)CC1. The number of cyclic esters (lactones) is 1. The highest BCUT2D eigenvalue weighted by atomic mass is 32.2. The molecule has 0 radical (unpaired) electrons. The van der Waals surface area contributed by atoms with Gasteiger partial charge in [-0.15, -0.1) is 0 Å². The number of nitrogens with zero attached hydrogens (tertiary/aromatic N) is 2. The van der Waals surface area contributed by atoms with Crippen LogP contribution in [0.4, 0.5) is 0 Å². The molecule has 2 aliphatic rings. The third kappa shape index (κ3) is 8.66. The van der Waals surface area contributed by atoms with E-state index in [9.17, 15) is 23.1 Å². The second kappa shape index (κ2) is 13.4. The van der Waals surface area contributed by atoms with Gasteiger partial charge < -0.3 is 9.84 Å². The number of unbranched alkanes of at least 4 members (excludes halogenated alkanes) is 8. The number of quaternary nitrogens is 1. The quantitative estimate of drug-likeness (QED) is 0.212. The number of rotatable bonds is 15. The first kappa shape index (κ1) is 27.8. The molecule has 0 bridgehead atoms. The molecule has 0 aliphatic carbocycles. The van der Waals surface area contributed by atoms with Crippen LogP contribution in [-0.2, 0) is 29.2 Å². The van der Waals surface area contributed by atoms with Crippen LogP contribution in [0.15, 0.2) is 11.6 Å². The molecule has 2 rings (SSSR count). The highest BCUT2D eigenvalue weighted by molar-refractivity contribution is 7.85. The van der Waals surface area contributed by atoms with E-state index in [-0.39, 0.29) is 37.3 Å². The number of hydrogen-bond acceptors (Lipinski definition) is 8. The number of sulfonamides is 1. The fourth-order valence-corrected chi connectivity index (χ4v) is 5.90. The zero-order valence-electron chi connectivity index (χ0n) is 20.2. The van der Waals surface area contributed by atoms with Crippen LogP contribution in [0.1, 0.15) is 77.6 Å². The molecular weight excluding hydrogens is 448 g/mol. The fraction of sp³-hybridized carbons (Fsp3) is 0.826. The highest BCUT2D eigenvalue weighted by Crippen LogP contribution is 2.26. The first-order valence-electron chi connectivity index (χ1n) is 12.3. The summed E-state index contributed by atoms with van der Waals surface area (Å²) >= 11 is 0. The van der Waals surface area contributed by atoms with E-state index in [1.54, 1.807) is 0 Å². The summed E-state index contributed by atoms with van der Waals surface area (Å²) in [5, 5.41) is 9.72. The molecule has 0 saturated carbocycles. The summed E-state index contributed by atoms with van der Waals surface area (Å²) in [6.07, 6.45) is 9.98. The molecular formula is C23H41N2O7S+. The zero-order valence-corrected chi connectivity index (χ0v) is 21.0. The van der Waals surface area contributed by atoms with Gasteiger partial charge in [0.15, 0.2) is 0 Å². The number of hydrogen-bond donors (Lipinski definition) is 1. The Morgan fingerprint density at radius 3 is 2.24 bits per heavy atom. The van der Waals surface area contributed by atoms with E-state index in [1.165, 1.54) is 32.1 Å². The minimum atomic E-state index is -3.89. The molecule has 1 saturated heterocycles. The molecule has 10 heteroatoms. The lowest BCUT2D eigenvalue weighted by atomic mass is 10.1. The minimum absolute atomic E-state index is 0.0547. The van der Waals surface area contributed by atoms with E-state index in [1.807, 2.05) is 11.9 Å². The van der Waals surface area contributed by atoms with Gasteiger partial charge in [-0.25, -0.2) is 9.59 Å². The maximum Gasteiger partial charge on any atom is 0.368 e. The van der Waals surface area contributed by atoms with Gasteiger partial charge in [-0.2, -0.15) is 8.42 Å². The van der Waals surface area contributed by atoms with Crippen molar-refractivity contribution in [2.45, 2.75) is 83.8 Å². The number of carbonyl (C=O) groups excluding carboxylic acids is 2. The van der Waals surface area contributed by atoms with Gasteiger partial charge in [-0.1, -0.05) is 58.3 Å². The number of likely N-dealkylation sites (N-methyl/N-ethyl adjacent to an activating group) is 1. The largest absolute Gasteiger partial charge is 0.429 e.